The van der Waals surface area contributed by atoms with Crippen LogP contribution in [0.1, 0.15) is 26.7 Å². The summed E-state index contributed by atoms with van der Waals surface area (Å²) in [5.41, 5.74) is 0. The Kier molecular flexibility index (Phi) is 3.71. The molecule has 0 amide bonds. The summed E-state index contributed by atoms with van der Waals surface area (Å²) in [6.45, 7) is 4.73. The molecule has 0 radical (unpaired) electrons. The molecule has 2 aromatic rings. The van der Waals surface area contributed by atoms with Crippen LogP contribution in [0.25, 0.3) is 4.96 Å². The van der Waals surface area contributed by atoms with Gasteiger partial charge in [-0.2, -0.15) is 4.31 Å². The topological polar surface area (TPSA) is 66.7 Å². The molecule has 2 aromatic heterocycles. The van der Waals surface area contributed by atoms with E-state index in [0.29, 0.717) is 23.2 Å². The van der Waals surface area contributed by atoms with Gasteiger partial charge in [0.15, 0.2) is 15.8 Å². The number of hydrogen-bond donors (Lipinski definition) is 1. The number of fused-ring (bicyclic) bond motifs is 1. The van der Waals surface area contributed by atoms with E-state index in [1.54, 1.807) is 22.0 Å². The highest BCUT2D eigenvalue weighted by Crippen LogP contribution is 2.32. The van der Waals surface area contributed by atoms with E-state index in [0.717, 1.165) is 12.8 Å². The zero-order valence-corrected chi connectivity index (χ0v) is 14.0. The van der Waals surface area contributed by atoms with Crippen molar-refractivity contribution in [2.75, 3.05) is 18.9 Å². The van der Waals surface area contributed by atoms with Crippen LogP contribution in [0.5, 0.6) is 0 Å². The van der Waals surface area contributed by atoms with Gasteiger partial charge >= 0.3 is 0 Å². The molecular weight excluding hydrogens is 308 g/mol. The molecule has 0 aromatic carbocycles. The summed E-state index contributed by atoms with van der Waals surface area (Å²) in [6, 6.07) is 0.0210. The zero-order chi connectivity index (χ0) is 15.2. The number of nitrogens with one attached hydrogen (secondary N) is 1. The van der Waals surface area contributed by atoms with E-state index in [1.807, 2.05) is 12.3 Å². The number of imidazole rings is 1. The number of aromatic nitrogens is 2. The van der Waals surface area contributed by atoms with Crippen LogP contribution in [0.2, 0.25) is 0 Å². The number of rotatable bonds is 3. The first kappa shape index (κ1) is 14.8. The van der Waals surface area contributed by atoms with Gasteiger partial charge in [-0.15, -0.1) is 11.3 Å². The van der Waals surface area contributed by atoms with Crippen molar-refractivity contribution in [1.82, 2.24) is 13.7 Å². The summed E-state index contributed by atoms with van der Waals surface area (Å²) < 4.78 is 29.5. The van der Waals surface area contributed by atoms with E-state index >= 15 is 0 Å². The second-order valence-corrected chi connectivity index (χ2v) is 8.34. The Hall–Kier alpha value is -1.12. The highest BCUT2D eigenvalue weighted by atomic mass is 32.2. The normalized spacial score (nSPS) is 24.5. The molecular formula is C13H20N4O2S2. The van der Waals surface area contributed by atoms with Crippen LogP contribution in [-0.4, -0.2) is 41.7 Å². The molecule has 0 saturated carbocycles. The Labute approximate surface area is 128 Å². The molecule has 6 nitrogen and oxygen atoms in total. The van der Waals surface area contributed by atoms with E-state index in [2.05, 4.69) is 17.2 Å². The maximum absolute atomic E-state index is 13.1. The third-order valence-electron chi connectivity index (χ3n) is 4.09. The molecule has 1 aliphatic heterocycles. The SMILES string of the molecule is CNc1nc2sccn2c1S(=O)(=O)N1CCC(C)CC1C. The summed E-state index contributed by atoms with van der Waals surface area (Å²) in [5, 5.41) is 5.01. The first-order chi connectivity index (χ1) is 9.95. The summed E-state index contributed by atoms with van der Waals surface area (Å²) in [4.78, 5) is 5.05. The highest BCUT2D eigenvalue weighted by molar-refractivity contribution is 7.89. The van der Waals surface area contributed by atoms with Crippen LogP contribution >= 0.6 is 11.3 Å². The molecule has 1 aliphatic rings. The lowest BCUT2D eigenvalue weighted by Gasteiger charge is -2.35. The lowest BCUT2D eigenvalue weighted by atomic mass is 9.95. The Balaban J connectivity index is 2.09. The summed E-state index contributed by atoms with van der Waals surface area (Å²) in [7, 11) is -1.85. The summed E-state index contributed by atoms with van der Waals surface area (Å²) in [5.74, 6) is 0.995. The fourth-order valence-electron chi connectivity index (χ4n) is 3.03. The van der Waals surface area contributed by atoms with Crippen molar-refractivity contribution in [2.24, 2.45) is 5.92 Å². The minimum Gasteiger partial charge on any atom is -0.371 e. The lowest BCUT2D eigenvalue weighted by Crippen LogP contribution is -2.44. The number of thiazole rings is 1. The van der Waals surface area contributed by atoms with Gasteiger partial charge in [-0.05, 0) is 25.7 Å². The Morgan fingerprint density at radius 1 is 1.43 bits per heavy atom. The van der Waals surface area contributed by atoms with Gasteiger partial charge in [0.2, 0.25) is 0 Å². The molecule has 2 unspecified atom stereocenters. The summed E-state index contributed by atoms with van der Waals surface area (Å²) >= 11 is 1.43. The molecule has 3 rings (SSSR count). The molecule has 3 heterocycles. The van der Waals surface area contributed by atoms with Gasteiger partial charge in [0.05, 0.1) is 0 Å². The predicted octanol–water partition coefficient (Wildman–Crippen LogP) is 2.25. The molecule has 8 heteroatoms. The average Bonchev–Trinajstić information content (AvgIpc) is 2.96. The van der Waals surface area contributed by atoms with Crippen molar-refractivity contribution < 1.29 is 8.42 Å². The molecule has 1 saturated heterocycles. The van der Waals surface area contributed by atoms with Gasteiger partial charge in [-0.3, -0.25) is 4.40 Å². The van der Waals surface area contributed by atoms with Gasteiger partial charge in [-0.1, -0.05) is 6.92 Å². The van der Waals surface area contributed by atoms with Gasteiger partial charge in [0, 0.05) is 31.2 Å². The first-order valence-corrected chi connectivity index (χ1v) is 9.42. The van der Waals surface area contributed by atoms with Crippen LogP contribution in [-0.2, 0) is 10.0 Å². The molecule has 0 spiro atoms. The average molecular weight is 328 g/mol. The van der Waals surface area contributed by atoms with Gasteiger partial charge in [0.25, 0.3) is 10.0 Å². The van der Waals surface area contributed by atoms with E-state index < -0.39 is 10.0 Å². The van der Waals surface area contributed by atoms with Crippen molar-refractivity contribution in [3.05, 3.63) is 11.6 Å². The van der Waals surface area contributed by atoms with Gasteiger partial charge in [0.1, 0.15) is 0 Å². The van der Waals surface area contributed by atoms with Crippen molar-refractivity contribution in [3.63, 3.8) is 0 Å². The van der Waals surface area contributed by atoms with Crippen molar-refractivity contribution in [3.8, 4) is 0 Å². The van der Waals surface area contributed by atoms with E-state index in [9.17, 15) is 8.42 Å². The van der Waals surface area contributed by atoms with E-state index in [1.165, 1.54) is 11.3 Å². The van der Waals surface area contributed by atoms with Crippen molar-refractivity contribution in [2.45, 2.75) is 37.8 Å². The van der Waals surface area contributed by atoms with Crippen LogP contribution in [0.3, 0.4) is 0 Å². The van der Waals surface area contributed by atoms with Gasteiger partial charge < -0.3 is 5.32 Å². The number of anilines is 1. The lowest BCUT2D eigenvalue weighted by molar-refractivity contribution is 0.219. The Morgan fingerprint density at radius 2 is 2.19 bits per heavy atom. The third kappa shape index (κ3) is 2.35. The number of nitrogens with zero attached hydrogens (tertiary/aromatic N) is 3. The third-order valence-corrected chi connectivity index (χ3v) is 6.88. The fraction of sp³-hybridized carbons (Fsp3) is 0.615. The van der Waals surface area contributed by atoms with Crippen molar-refractivity contribution >= 4 is 32.1 Å². The van der Waals surface area contributed by atoms with Crippen molar-refractivity contribution in [1.29, 1.82) is 0 Å². The fourth-order valence-corrected chi connectivity index (χ4v) is 5.72. The maximum Gasteiger partial charge on any atom is 0.263 e. The maximum atomic E-state index is 13.1. The molecule has 1 N–H and O–H groups in total. The van der Waals surface area contributed by atoms with Crippen LogP contribution in [0.4, 0.5) is 5.82 Å². The predicted molar refractivity (Wildman–Crippen MR) is 84.4 cm³/mol. The molecule has 21 heavy (non-hydrogen) atoms. The minimum atomic E-state index is -3.55. The highest BCUT2D eigenvalue weighted by Gasteiger charge is 2.37. The number of sulfonamides is 1. The Bertz CT molecular complexity index is 749. The first-order valence-electron chi connectivity index (χ1n) is 7.10. The molecule has 116 valence electrons. The number of piperidine rings is 1. The molecule has 0 aliphatic carbocycles. The van der Waals surface area contributed by atoms with Crippen LogP contribution in [0, 0.1) is 5.92 Å². The molecule has 0 bridgehead atoms. The summed E-state index contributed by atoms with van der Waals surface area (Å²) in [6.07, 6.45) is 3.57. The van der Waals surface area contributed by atoms with Crippen LogP contribution < -0.4 is 5.32 Å². The standard InChI is InChI=1S/C13H20N4O2S2/c1-9-4-5-17(10(2)8-9)21(18,19)12-11(14-3)15-13-16(12)6-7-20-13/h6-7,9-10,14H,4-5,8H2,1-3H3. The second-order valence-electron chi connectivity index (χ2n) is 5.67. The quantitative estimate of drug-likeness (QED) is 0.938. The molecule has 1 fully saturated rings. The largest absolute Gasteiger partial charge is 0.371 e. The Morgan fingerprint density at radius 3 is 2.86 bits per heavy atom. The minimum absolute atomic E-state index is 0.0210. The zero-order valence-electron chi connectivity index (χ0n) is 12.4. The smallest absolute Gasteiger partial charge is 0.263 e. The number of hydrogen-bond acceptors (Lipinski definition) is 5. The monoisotopic (exact) mass is 328 g/mol. The van der Waals surface area contributed by atoms with Gasteiger partial charge in [-0.25, -0.2) is 13.4 Å². The van der Waals surface area contributed by atoms with Crippen LogP contribution in [0.15, 0.2) is 16.6 Å². The van der Waals surface area contributed by atoms with E-state index in [4.69, 9.17) is 0 Å². The molecule has 2 atom stereocenters. The van der Waals surface area contributed by atoms with E-state index in [-0.39, 0.29) is 11.1 Å². The second kappa shape index (κ2) is 5.26.